The average Bonchev–Trinajstić information content (AvgIpc) is 2.84. The number of hydrogen-bond donors (Lipinski definition) is 1. The molecule has 2 aromatic rings. The Kier molecular flexibility index (Phi) is 3.64. The number of aliphatic carboxylic acids is 1. The first-order chi connectivity index (χ1) is 10.5. The molecule has 2 heterocycles. The van der Waals surface area contributed by atoms with Gasteiger partial charge in [0.25, 0.3) is 5.91 Å². The van der Waals surface area contributed by atoms with Gasteiger partial charge in [-0.05, 0) is 32.8 Å². The molecule has 116 valence electrons. The van der Waals surface area contributed by atoms with Gasteiger partial charge in [-0.25, -0.2) is 0 Å². The highest BCUT2D eigenvalue weighted by molar-refractivity contribution is 5.99. The van der Waals surface area contributed by atoms with Crippen molar-refractivity contribution in [2.24, 2.45) is 5.92 Å². The van der Waals surface area contributed by atoms with Gasteiger partial charge in [-0.15, -0.1) is 0 Å². The average molecular weight is 301 g/mol. The van der Waals surface area contributed by atoms with Gasteiger partial charge in [0.05, 0.1) is 5.92 Å². The fourth-order valence-corrected chi connectivity index (χ4v) is 3.27. The van der Waals surface area contributed by atoms with Gasteiger partial charge in [-0.3, -0.25) is 9.59 Å². The van der Waals surface area contributed by atoms with Crippen LogP contribution in [0.5, 0.6) is 0 Å². The Labute approximate surface area is 128 Å². The quantitative estimate of drug-likeness (QED) is 0.925. The summed E-state index contributed by atoms with van der Waals surface area (Å²) in [6, 6.07) is 7.20. The van der Waals surface area contributed by atoms with Crippen molar-refractivity contribution in [2.45, 2.75) is 32.7 Å². The molecule has 22 heavy (non-hydrogen) atoms. The van der Waals surface area contributed by atoms with Gasteiger partial charge in [-0.1, -0.05) is 18.2 Å². The fourth-order valence-electron chi connectivity index (χ4n) is 3.27. The lowest BCUT2D eigenvalue weighted by Gasteiger charge is -2.37. The Morgan fingerprint density at radius 2 is 2.05 bits per heavy atom. The number of furan rings is 1. The van der Waals surface area contributed by atoms with Crippen molar-refractivity contribution in [1.82, 2.24) is 4.90 Å². The summed E-state index contributed by atoms with van der Waals surface area (Å²) < 4.78 is 5.72. The Balaban J connectivity index is 1.95. The number of aryl methyl sites for hydroxylation is 1. The van der Waals surface area contributed by atoms with Crippen LogP contribution >= 0.6 is 0 Å². The van der Waals surface area contributed by atoms with Gasteiger partial charge in [0.2, 0.25) is 0 Å². The van der Waals surface area contributed by atoms with Crippen LogP contribution in [-0.2, 0) is 4.79 Å². The Morgan fingerprint density at radius 3 is 2.73 bits per heavy atom. The molecule has 0 radical (unpaired) electrons. The van der Waals surface area contributed by atoms with Crippen LogP contribution in [0.3, 0.4) is 0 Å². The molecule has 1 saturated heterocycles. The molecule has 1 aromatic carbocycles. The number of carbonyl (C=O) groups is 2. The summed E-state index contributed by atoms with van der Waals surface area (Å²) in [5, 5.41) is 10.2. The third-order valence-corrected chi connectivity index (χ3v) is 4.60. The van der Waals surface area contributed by atoms with E-state index in [1.165, 1.54) is 0 Å². The number of carboxylic acids is 1. The molecule has 0 saturated carbocycles. The minimum Gasteiger partial charge on any atom is -0.481 e. The number of benzene rings is 1. The predicted octanol–water partition coefficient (Wildman–Crippen LogP) is 3.07. The Bertz CT molecular complexity index is 733. The summed E-state index contributed by atoms with van der Waals surface area (Å²) in [5.74, 6) is -1.25. The molecule has 1 aromatic heterocycles. The summed E-state index contributed by atoms with van der Waals surface area (Å²) in [5.41, 5.74) is 1.49. The van der Waals surface area contributed by atoms with E-state index in [0.717, 1.165) is 10.9 Å². The first-order valence-corrected chi connectivity index (χ1v) is 7.52. The molecule has 5 nitrogen and oxygen atoms in total. The van der Waals surface area contributed by atoms with E-state index in [9.17, 15) is 14.7 Å². The van der Waals surface area contributed by atoms with Crippen molar-refractivity contribution in [3.05, 3.63) is 35.6 Å². The first kappa shape index (κ1) is 14.6. The predicted molar refractivity (Wildman–Crippen MR) is 81.8 cm³/mol. The van der Waals surface area contributed by atoms with Crippen LogP contribution in [0.25, 0.3) is 11.0 Å². The zero-order chi connectivity index (χ0) is 15.9. The topological polar surface area (TPSA) is 70.8 Å². The number of piperidine rings is 1. The second-order valence-electron chi connectivity index (χ2n) is 5.88. The Morgan fingerprint density at radius 1 is 1.32 bits per heavy atom. The van der Waals surface area contributed by atoms with Gasteiger partial charge in [0.15, 0.2) is 5.76 Å². The van der Waals surface area contributed by atoms with Crippen molar-refractivity contribution < 1.29 is 19.1 Å². The van der Waals surface area contributed by atoms with Crippen LogP contribution in [0.15, 0.2) is 28.7 Å². The molecule has 5 heteroatoms. The van der Waals surface area contributed by atoms with Crippen LogP contribution in [0, 0.1) is 12.8 Å². The van der Waals surface area contributed by atoms with Crippen LogP contribution in [0.4, 0.5) is 0 Å². The molecule has 3 rings (SSSR count). The number of carboxylic acid groups (broad SMARTS) is 1. The largest absolute Gasteiger partial charge is 0.481 e. The normalized spacial score (nSPS) is 22.0. The van der Waals surface area contributed by atoms with E-state index in [0.29, 0.717) is 30.7 Å². The van der Waals surface area contributed by atoms with Gasteiger partial charge < -0.3 is 14.4 Å². The maximum absolute atomic E-state index is 12.8. The Hall–Kier alpha value is -2.30. The number of fused-ring (bicyclic) bond motifs is 1. The third-order valence-electron chi connectivity index (χ3n) is 4.60. The molecule has 1 amide bonds. The van der Waals surface area contributed by atoms with E-state index in [1.54, 1.807) is 11.8 Å². The molecule has 0 aliphatic carbocycles. The number of rotatable bonds is 2. The molecule has 0 bridgehead atoms. The molecular formula is C17H19NO4. The molecule has 1 aliphatic heterocycles. The molecule has 2 atom stereocenters. The maximum Gasteiger partial charge on any atom is 0.308 e. The highest BCUT2D eigenvalue weighted by Gasteiger charge is 2.37. The van der Waals surface area contributed by atoms with E-state index in [4.69, 9.17) is 4.42 Å². The van der Waals surface area contributed by atoms with Gasteiger partial charge >= 0.3 is 5.97 Å². The van der Waals surface area contributed by atoms with E-state index in [-0.39, 0.29) is 11.9 Å². The lowest BCUT2D eigenvalue weighted by atomic mass is 9.90. The summed E-state index contributed by atoms with van der Waals surface area (Å²) >= 11 is 0. The van der Waals surface area contributed by atoms with Crippen LogP contribution in [-0.4, -0.2) is 34.5 Å². The van der Waals surface area contributed by atoms with Crippen molar-refractivity contribution >= 4 is 22.8 Å². The number of likely N-dealkylation sites (tertiary alicyclic amines) is 1. The summed E-state index contributed by atoms with van der Waals surface area (Å²) in [6.07, 6.45) is 1.31. The zero-order valence-electron chi connectivity index (χ0n) is 12.7. The number of nitrogens with zero attached hydrogens (tertiary/aromatic N) is 1. The highest BCUT2D eigenvalue weighted by atomic mass is 16.4. The standard InChI is InChI=1S/C17H19NO4/c1-10-12-6-3-4-8-14(12)22-15(10)16(19)18-9-5-7-13(11(18)2)17(20)21/h3-4,6,8,11,13H,5,7,9H2,1-2H3,(H,20,21)/t11-,13-/m1/s1. The van der Waals surface area contributed by atoms with Crippen LogP contribution < -0.4 is 0 Å². The summed E-state index contributed by atoms with van der Waals surface area (Å²) in [4.78, 5) is 25.8. The summed E-state index contributed by atoms with van der Waals surface area (Å²) in [6.45, 7) is 4.23. The van der Waals surface area contributed by atoms with Gasteiger partial charge in [0.1, 0.15) is 5.58 Å². The zero-order valence-corrected chi connectivity index (χ0v) is 12.7. The van der Waals surface area contributed by atoms with Crippen molar-refractivity contribution in [2.75, 3.05) is 6.54 Å². The van der Waals surface area contributed by atoms with E-state index in [2.05, 4.69) is 0 Å². The SMILES string of the molecule is Cc1c(C(=O)N2CCC[C@@H](C(=O)O)[C@H]2C)oc2ccccc12. The first-order valence-electron chi connectivity index (χ1n) is 7.52. The minimum atomic E-state index is -0.841. The number of carbonyl (C=O) groups excluding carboxylic acids is 1. The molecule has 1 aliphatic rings. The number of para-hydroxylation sites is 1. The highest BCUT2D eigenvalue weighted by Crippen LogP contribution is 2.30. The second kappa shape index (κ2) is 5.48. The van der Waals surface area contributed by atoms with E-state index in [1.807, 2.05) is 31.2 Å². The molecule has 1 fully saturated rings. The summed E-state index contributed by atoms with van der Waals surface area (Å²) in [7, 11) is 0. The second-order valence-corrected chi connectivity index (χ2v) is 5.88. The molecule has 1 N–H and O–H groups in total. The van der Waals surface area contributed by atoms with Gasteiger partial charge in [-0.2, -0.15) is 0 Å². The molecule has 0 unspecified atom stereocenters. The van der Waals surface area contributed by atoms with Crippen LogP contribution in [0.2, 0.25) is 0 Å². The lowest BCUT2D eigenvalue weighted by molar-refractivity contribution is -0.145. The van der Waals surface area contributed by atoms with E-state index < -0.39 is 11.9 Å². The van der Waals surface area contributed by atoms with Crippen molar-refractivity contribution in [1.29, 1.82) is 0 Å². The maximum atomic E-state index is 12.8. The lowest BCUT2D eigenvalue weighted by Crippen LogP contribution is -2.49. The van der Waals surface area contributed by atoms with E-state index >= 15 is 0 Å². The third kappa shape index (κ3) is 2.26. The smallest absolute Gasteiger partial charge is 0.308 e. The van der Waals surface area contributed by atoms with Crippen molar-refractivity contribution in [3.8, 4) is 0 Å². The number of hydrogen-bond acceptors (Lipinski definition) is 3. The van der Waals surface area contributed by atoms with Crippen molar-refractivity contribution in [3.63, 3.8) is 0 Å². The molecule has 0 spiro atoms. The molecular weight excluding hydrogens is 282 g/mol. The van der Waals surface area contributed by atoms with Crippen LogP contribution in [0.1, 0.15) is 35.9 Å². The monoisotopic (exact) mass is 301 g/mol. The van der Waals surface area contributed by atoms with Gasteiger partial charge in [0, 0.05) is 23.5 Å². The minimum absolute atomic E-state index is 0.216. The number of amides is 1. The fraction of sp³-hybridized carbons (Fsp3) is 0.412.